The van der Waals surface area contributed by atoms with Crippen molar-refractivity contribution in [3.63, 3.8) is 0 Å². The van der Waals surface area contributed by atoms with E-state index in [1.165, 1.54) is 29.5 Å². The van der Waals surface area contributed by atoms with Crippen LogP contribution in [-0.4, -0.2) is 50.4 Å². The van der Waals surface area contributed by atoms with Gasteiger partial charge in [-0.1, -0.05) is 0 Å². The topological polar surface area (TPSA) is 184 Å². The molecule has 1 aromatic carbocycles. The lowest BCUT2D eigenvalue weighted by Crippen LogP contribution is -2.35. The van der Waals surface area contributed by atoms with E-state index in [0.29, 0.717) is 18.0 Å². The number of carbonyl (C=O) groups excluding carboxylic acids is 1. The molecule has 0 spiro atoms. The van der Waals surface area contributed by atoms with Gasteiger partial charge in [-0.15, -0.1) is 4.52 Å². The van der Waals surface area contributed by atoms with Gasteiger partial charge in [0.15, 0.2) is 5.76 Å². The van der Waals surface area contributed by atoms with E-state index in [0.717, 1.165) is 19.1 Å². The van der Waals surface area contributed by atoms with Gasteiger partial charge in [-0.2, -0.15) is 11.3 Å². The van der Waals surface area contributed by atoms with E-state index in [-0.39, 0.29) is 29.0 Å². The molecule has 14 heteroatoms. The second-order valence-electron chi connectivity index (χ2n) is 8.01. The molecule has 1 aliphatic rings. The fourth-order valence-electron chi connectivity index (χ4n) is 3.08. The molecule has 1 fully saturated rings. The summed E-state index contributed by atoms with van der Waals surface area (Å²) in [4.78, 5) is 17.2. The van der Waals surface area contributed by atoms with E-state index in [2.05, 4.69) is 15.0 Å². The number of amides is 1. The van der Waals surface area contributed by atoms with E-state index in [9.17, 15) is 22.9 Å². The van der Waals surface area contributed by atoms with Gasteiger partial charge >= 0.3 is 8.03 Å². The molecule has 0 bridgehead atoms. The van der Waals surface area contributed by atoms with Gasteiger partial charge in [-0.05, 0) is 53.8 Å². The van der Waals surface area contributed by atoms with Crippen molar-refractivity contribution in [3.05, 3.63) is 51.9 Å². The molecule has 11 nitrogen and oxygen atoms in total. The number of carbonyl (C=O) groups is 1. The van der Waals surface area contributed by atoms with Crippen molar-refractivity contribution in [1.82, 2.24) is 5.32 Å². The molecular weight excluding hydrogens is 525 g/mol. The van der Waals surface area contributed by atoms with Crippen LogP contribution in [0.4, 0.5) is 11.4 Å². The van der Waals surface area contributed by atoms with Crippen LogP contribution in [0, 0.1) is 11.3 Å². The summed E-state index contributed by atoms with van der Waals surface area (Å²) in [6.45, 7) is 2.15. The molecule has 1 aromatic heterocycles. The molecule has 1 saturated carbocycles. The number of nitrogens with one attached hydrogen (secondary N) is 3. The SMILES string of the molecule is CCO[P+](=O)c1cc(NS(C)(=O)=O)ccc1N=C(N)C(C(=O)NCC1CC1)=C(O)C(=N)c1ccsc1. The third-order valence-corrected chi connectivity index (χ3v) is 7.51. The molecule has 1 atom stereocenters. The summed E-state index contributed by atoms with van der Waals surface area (Å²) in [5.41, 5.74) is 6.05. The Bertz CT molecular complexity index is 1330. The first-order valence-corrected chi connectivity index (χ1v) is 14.9. The van der Waals surface area contributed by atoms with Crippen LogP contribution in [-0.2, 0) is 23.9 Å². The molecule has 3 rings (SSSR count). The summed E-state index contributed by atoms with van der Waals surface area (Å²) in [5.74, 6) is -1.42. The smallest absolute Gasteiger partial charge is 0.505 e. The highest BCUT2D eigenvalue weighted by molar-refractivity contribution is 7.92. The second kappa shape index (κ2) is 11.7. The third kappa shape index (κ3) is 7.44. The zero-order chi connectivity index (χ0) is 26.5. The standard InChI is InChI=1S/C22H26N5O6PS2/c1-3-33-34(30)17-10-15(27-36(2,31)32)6-7-16(17)26-21(24)18(22(29)25-11-13-4-5-13)20(28)19(23)14-8-9-35-12-14/h6-10,12-13H,3-5,11H2,1-2H3,(H5-,23,24,25,26,27,28,29,30)/p+1. The minimum absolute atomic E-state index is 0.0357. The molecule has 0 radical (unpaired) electrons. The number of sulfonamides is 1. The normalized spacial score (nSPS) is 15.2. The van der Waals surface area contributed by atoms with E-state index in [1.54, 1.807) is 23.8 Å². The van der Waals surface area contributed by atoms with Gasteiger partial charge in [0.2, 0.25) is 10.0 Å². The maximum Gasteiger partial charge on any atom is 0.551 e. The highest BCUT2D eigenvalue weighted by Crippen LogP contribution is 2.31. The van der Waals surface area contributed by atoms with Crippen molar-refractivity contribution >= 4 is 63.5 Å². The van der Waals surface area contributed by atoms with Crippen molar-refractivity contribution in [2.75, 3.05) is 24.1 Å². The number of nitrogens with zero attached hydrogens (tertiary/aromatic N) is 1. The Morgan fingerprint density at radius 3 is 2.67 bits per heavy atom. The minimum Gasteiger partial charge on any atom is -0.505 e. The number of nitrogens with two attached hydrogens (primary N) is 1. The summed E-state index contributed by atoms with van der Waals surface area (Å²) in [5, 5.41) is 25.3. The predicted molar refractivity (Wildman–Crippen MR) is 142 cm³/mol. The average Bonchev–Trinajstić information content (AvgIpc) is 3.48. The molecule has 1 heterocycles. The molecule has 0 saturated heterocycles. The summed E-state index contributed by atoms with van der Waals surface area (Å²) in [6, 6.07) is 5.67. The monoisotopic (exact) mass is 552 g/mol. The van der Waals surface area contributed by atoms with Crippen molar-refractivity contribution in [2.24, 2.45) is 16.6 Å². The Morgan fingerprint density at radius 2 is 2.08 bits per heavy atom. The Hall–Kier alpha value is -3.12. The molecule has 1 amide bonds. The number of thiophene rings is 1. The van der Waals surface area contributed by atoms with Gasteiger partial charge in [0.05, 0.1) is 11.9 Å². The van der Waals surface area contributed by atoms with Crippen molar-refractivity contribution < 1.29 is 27.4 Å². The first-order valence-electron chi connectivity index (χ1n) is 10.9. The van der Waals surface area contributed by atoms with Crippen molar-refractivity contribution in [1.29, 1.82) is 5.41 Å². The summed E-state index contributed by atoms with van der Waals surface area (Å²) in [6.07, 6.45) is 2.95. The number of aliphatic hydroxyl groups excluding tert-OH is 1. The lowest BCUT2D eigenvalue weighted by molar-refractivity contribution is -0.117. The Morgan fingerprint density at radius 1 is 1.36 bits per heavy atom. The van der Waals surface area contributed by atoms with Gasteiger partial charge in [-0.3, -0.25) is 14.9 Å². The Balaban J connectivity index is 2.07. The molecule has 2 aromatic rings. The number of aliphatic imine (C=N–C) groups is 1. The van der Waals surface area contributed by atoms with E-state index in [4.69, 9.17) is 15.7 Å². The van der Waals surface area contributed by atoms with Crippen LogP contribution in [0.5, 0.6) is 0 Å². The predicted octanol–water partition coefficient (Wildman–Crippen LogP) is 2.92. The number of amidine groups is 1. The second-order valence-corrected chi connectivity index (χ2v) is 11.8. The van der Waals surface area contributed by atoms with Gasteiger partial charge in [0.25, 0.3) is 11.2 Å². The summed E-state index contributed by atoms with van der Waals surface area (Å²) >= 11 is 1.32. The maximum absolute atomic E-state index is 13.0. The van der Waals surface area contributed by atoms with Crippen molar-refractivity contribution in [2.45, 2.75) is 19.8 Å². The van der Waals surface area contributed by atoms with Crippen LogP contribution in [0.2, 0.25) is 0 Å². The van der Waals surface area contributed by atoms with Gasteiger partial charge in [0, 0.05) is 23.6 Å². The fraction of sp³-hybridized carbons (Fsp3) is 0.318. The molecular formula is C22H27N5O6PS2+. The lowest BCUT2D eigenvalue weighted by atomic mass is 10.1. The number of anilines is 1. The number of hydrogen-bond acceptors (Lipinski definition) is 9. The van der Waals surface area contributed by atoms with Gasteiger partial charge < -0.3 is 16.2 Å². The summed E-state index contributed by atoms with van der Waals surface area (Å²) < 4.78 is 43.5. The molecule has 1 unspecified atom stereocenters. The highest BCUT2D eigenvalue weighted by atomic mass is 32.2. The highest BCUT2D eigenvalue weighted by Gasteiger charge is 2.30. The van der Waals surface area contributed by atoms with E-state index in [1.807, 2.05) is 0 Å². The van der Waals surface area contributed by atoms with E-state index < -0.39 is 41.1 Å². The van der Waals surface area contributed by atoms with E-state index >= 15 is 0 Å². The molecule has 192 valence electrons. The maximum atomic E-state index is 13.0. The lowest BCUT2D eigenvalue weighted by Gasteiger charge is -2.12. The summed E-state index contributed by atoms with van der Waals surface area (Å²) in [7, 11) is -6.06. The molecule has 0 aliphatic heterocycles. The van der Waals surface area contributed by atoms with Crippen LogP contribution in [0.25, 0.3) is 0 Å². The van der Waals surface area contributed by atoms with Crippen molar-refractivity contribution in [3.8, 4) is 0 Å². The van der Waals surface area contributed by atoms with Crippen LogP contribution < -0.4 is 21.1 Å². The number of aliphatic hydroxyl groups is 1. The Kier molecular flexibility index (Phi) is 8.96. The number of rotatable bonds is 12. The third-order valence-electron chi connectivity index (χ3n) is 4.98. The van der Waals surface area contributed by atoms with Crippen LogP contribution in [0.3, 0.4) is 0 Å². The zero-order valence-electron chi connectivity index (χ0n) is 19.6. The number of benzene rings is 1. The molecule has 1 aliphatic carbocycles. The van der Waals surface area contributed by atoms with Gasteiger partial charge in [0.1, 0.15) is 29.4 Å². The quantitative estimate of drug-likeness (QED) is 0.0881. The first kappa shape index (κ1) is 27.5. The van der Waals surface area contributed by atoms with Crippen LogP contribution in [0.1, 0.15) is 25.3 Å². The van der Waals surface area contributed by atoms with Gasteiger partial charge in [-0.25, -0.2) is 13.4 Å². The zero-order valence-corrected chi connectivity index (χ0v) is 22.2. The molecule has 36 heavy (non-hydrogen) atoms. The largest absolute Gasteiger partial charge is 0.551 e. The minimum atomic E-state index is -3.61. The fourth-order valence-corrected chi connectivity index (χ4v) is 5.21. The number of hydrogen-bond donors (Lipinski definition) is 5. The molecule has 6 N–H and O–H groups in total. The average molecular weight is 553 g/mol. The number of allylic oxidation sites excluding steroid dienone is 1. The van der Waals surface area contributed by atoms with Crippen LogP contribution >= 0.6 is 19.4 Å². The van der Waals surface area contributed by atoms with Crippen LogP contribution in [0.15, 0.2) is 51.4 Å². The Labute approximate surface area is 213 Å². The first-order chi connectivity index (χ1) is 17.0.